The molecule has 2 nitrogen and oxygen atoms in total. The second kappa shape index (κ2) is 6.24. The van der Waals surface area contributed by atoms with Crippen LogP contribution < -0.4 is 5.46 Å². The first-order chi connectivity index (χ1) is 7.51. The number of hydrogen-bond acceptors (Lipinski definition) is 2. The van der Waals surface area contributed by atoms with Crippen molar-refractivity contribution in [2.75, 3.05) is 0 Å². The third kappa shape index (κ3) is 5.17. The molecule has 0 saturated carbocycles. The van der Waals surface area contributed by atoms with Crippen LogP contribution in [0.2, 0.25) is 0 Å². The van der Waals surface area contributed by atoms with E-state index in [1.54, 1.807) is 12.1 Å². The molecule has 0 aromatic heterocycles. The summed E-state index contributed by atoms with van der Waals surface area (Å²) in [7, 11) is -1.53. The molecule has 2 N–H and O–H groups in total. The van der Waals surface area contributed by atoms with E-state index in [0.717, 1.165) is 11.1 Å². The van der Waals surface area contributed by atoms with Gasteiger partial charge in [0.1, 0.15) is 0 Å². The van der Waals surface area contributed by atoms with Crippen LogP contribution in [0.25, 0.3) is 0 Å². The van der Waals surface area contributed by atoms with Crippen molar-refractivity contribution in [3.05, 3.63) is 29.3 Å². The van der Waals surface area contributed by atoms with Crippen molar-refractivity contribution in [1.82, 2.24) is 0 Å². The first kappa shape index (κ1) is 17.1. The zero-order valence-corrected chi connectivity index (χ0v) is 17.5. The first-order valence-corrected chi connectivity index (χ1v) is 8.93. The number of rotatable bonds is 1. The molecule has 0 amide bonds. The summed E-state index contributed by atoms with van der Waals surface area (Å²) in [5, 5.41) is 18.5. The highest BCUT2D eigenvalue weighted by molar-refractivity contribution is 9.39. The monoisotopic (exact) mass is 618 g/mol. The fraction of sp³-hybridized carbons (Fsp3) is 0.250. The maximum atomic E-state index is 9.27. The largest absolute Gasteiger partial charge is 0.488 e. The lowest BCUT2D eigenvalue weighted by Crippen LogP contribution is -2.31. The first-order valence-electron chi connectivity index (χ1n) is 4.17. The summed E-state index contributed by atoms with van der Waals surface area (Å²) in [6.07, 6.45) is 0. The maximum Gasteiger partial charge on any atom is 0.488 e. The predicted molar refractivity (Wildman–Crippen MR) is 93.2 cm³/mol. The van der Waals surface area contributed by atoms with Crippen LogP contribution in [0.1, 0.15) is 11.1 Å². The van der Waals surface area contributed by atoms with Gasteiger partial charge in [-0.1, -0.05) is 108 Å². The number of alkyl halides is 6. The van der Waals surface area contributed by atoms with E-state index >= 15 is 0 Å². The van der Waals surface area contributed by atoms with Crippen molar-refractivity contribution in [3.8, 4) is 0 Å². The average molecular weight is 623 g/mol. The summed E-state index contributed by atoms with van der Waals surface area (Å²) in [4.78, 5) is 0. The van der Waals surface area contributed by atoms with Crippen molar-refractivity contribution in [2.24, 2.45) is 0 Å². The van der Waals surface area contributed by atoms with Gasteiger partial charge in [-0.3, -0.25) is 0 Å². The average Bonchev–Trinajstić information content (AvgIpc) is 2.14. The minimum absolute atomic E-state index is 0.392. The van der Waals surface area contributed by atoms with Crippen LogP contribution in [0.4, 0.5) is 0 Å². The third-order valence-corrected chi connectivity index (χ3v) is 4.66. The van der Waals surface area contributed by atoms with Gasteiger partial charge in [-0.25, -0.2) is 0 Å². The molecule has 0 bridgehead atoms. The lowest BCUT2D eigenvalue weighted by Gasteiger charge is -2.20. The van der Waals surface area contributed by atoms with Crippen LogP contribution in [-0.2, 0) is 4.29 Å². The van der Waals surface area contributed by atoms with Gasteiger partial charge >= 0.3 is 7.12 Å². The van der Waals surface area contributed by atoms with Crippen LogP contribution >= 0.6 is 95.6 Å². The van der Waals surface area contributed by atoms with Gasteiger partial charge in [0.2, 0.25) is 0 Å². The Balaban J connectivity index is 3.40. The summed E-state index contributed by atoms with van der Waals surface area (Å²) in [5.41, 5.74) is 1.98. The van der Waals surface area contributed by atoms with Crippen LogP contribution in [0.3, 0.4) is 0 Å². The van der Waals surface area contributed by atoms with E-state index in [9.17, 15) is 10.0 Å². The molecule has 0 aliphatic carbocycles. The summed E-state index contributed by atoms with van der Waals surface area (Å²) < 4.78 is -1.24. The van der Waals surface area contributed by atoms with Gasteiger partial charge in [-0.05, 0) is 22.7 Å². The van der Waals surface area contributed by atoms with E-state index in [0.29, 0.717) is 5.46 Å². The molecule has 0 aliphatic rings. The van der Waals surface area contributed by atoms with Crippen LogP contribution in [0, 0.1) is 0 Å². The molecule has 1 aromatic carbocycles. The summed E-state index contributed by atoms with van der Waals surface area (Å²) in [5.74, 6) is 0. The van der Waals surface area contributed by atoms with Gasteiger partial charge < -0.3 is 10.0 Å². The molecule has 0 heterocycles. The van der Waals surface area contributed by atoms with Gasteiger partial charge in [-0.2, -0.15) is 0 Å². The van der Waals surface area contributed by atoms with E-state index in [1.807, 2.05) is 6.07 Å². The van der Waals surface area contributed by atoms with Gasteiger partial charge in [0.05, 0.1) is 0 Å². The highest BCUT2D eigenvalue weighted by atomic mass is 80.0. The zero-order chi connectivity index (χ0) is 13.4. The molecule has 9 heteroatoms. The summed E-state index contributed by atoms with van der Waals surface area (Å²) in [6, 6.07) is 5.22. The molecule has 0 fully saturated rings. The Morgan fingerprint density at radius 3 is 1.35 bits per heavy atom. The number of halogens is 6. The van der Waals surface area contributed by atoms with Crippen LogP contribution in [-0.4, -0.2) is 17.2 Å². The molecule has 0 saturated heterocycles. The van der Waals surface area contributed by atoms with Gasteiger partial charge in [0, 0.05) is 0 Å². The van der Waals surface area contributed by atoms with Crippen molar-refractivity contribution in [2.45, 2.75) is 4.29 Å². The molecule has 17 heavy (non-hydrogen) atoms. The van der Waals surface area contributed by atoms with E-state index in [4.69, 9.17) is 0 Å². The zero-order valence-electron chi connectivity index (χ0n) is 7.97. The van der Waals surface area contributed by atoms with Crippen LogP contribution in [0.15, 0.2) is 18.2 Å². The fourth-order valence-electron chi connectivity index (χ4n) is 1.13. The van der Waals surface area contributed by atoms with E-state index in [2.05, 4.69) is 95.6 Å². The quantitative estimate of drug-likeness (QED) is 0.368. The second-order valence-electron chi connectivity index (χ2n) is 3.21. The molecule has 0 radical (unpaired) electrons. The van der Waals surface area contributed by atoms with E-state index in [1.165, 1.54) is 0 Å². The highest BCUT2D eigenvalue weighted by Crippen LogP contribution is 2.48. The smallest absolute Gasteiger partial charge is 0.423 e. The standard InChI is InChI=1S/C8H5BBr6O2/c10-7(11,12)4-1-5(8(13,14)15)3-6(2-4)9(16)17/h1-3,16-17H. The van der Waals surface area contributed by atoms with E-state index in [-0.39, 0.29) is 0 Å². The van der Waals surface area contributed by atoms with Crippen molar-refractivity contribution in [1.29, 1.82) is 0 Å². The van der Waals surface area contributed by atoms with Crippen molar-refractivity contribution in [3.63, 3.8) is 0 Å². The molecule has 0 spiro atoms. The second-order valence-corrected chi connectivity index (χ2v) is 16.7. The Morgan fingerprint density at radius 2 is 1.12 bits per heavy atom. The number of benzene rings is 1. The lowest BCUT2D eigenvalue weighted by molar-refractivity contribution is 0.425. The molecule has 94 valence electrons. The van der Waals surface area contributed by atoms with Gasteiger partial charge in [0.15, 0.2) is 4.29 Å². The van der Waals surface area contributed by atoms with Gasteiger partial charge in [-0.15, -0.1) is 0 Å². The minimum Gasteiger partial charge on any atom is -0.423 e. The molecule has 1 rings (SSSR count). The van der Waals surface area contributed by atoms with Crippen LogP contribution in [0.5, 0.6) is 0 Å². The Morgan fingerprint density at radius 1 is 0.765 bits per heavy atom. The Kier molecular flexibility index (Phi) is 6.29. The molecular formula is C8H5BBr6O2. The molecule has 0 aliphatic heterocycles. The molecule has 1 aromatic rings. The fourth-order valence-corrected chi connectivity index (χ4v) is 2.50. The Hall–Kier alpha value is 2.08. The van der Waals surface area contributed by atoms with Gasteiger partial charge in [0.25, 0.3) is 0 Å². The van der Waals surface area contributed by atoms with Crippen molar-refractivity contribution >= 4 is 108 Å². The predicted octanol–water partition coefficient (Wildman–Crippen LogP) is 3.96. The lowest BCUT2D eigenvalue weighted by atomic mass is 9.79. The Labute approximate surface area is 150 Å². The third-order valence-electron chi connectivity index (χ3n) is 1.91. The highest BCUT2D eigenvalue weighted by Gasteiger charge is 2.29. The van der Waals surface area contributed by atoms with E-state index < -0.39 is 11.4 Å². The summed E-state index contributed by atoms with van der Waals surface area (Å²) >= 11 is 20.4. The molecule has 0 unspecified atom stereocenters. The Bertz CT molecular complexity index is 379. The summed E-state index contributed by atoms with van der Waals surface area (Å²) in [6.45, 7) is 0. The molecule has 0 atom stereocenters. The normalized spacial score (nSPS) is 12.7. The minimum atomic E-state index is -1.53. The SMILES string of the molecule is OB(O)c1cc(C(Br)(Br)Br)cc(C(Br)(Br)Br)c1. The van der Waals surface area contributed by atoms with Crippen molar-refractivity contribution < 1.29 is 10.0 Å². The molecular weight excluding hydrogens is 618 g/mol. The maximum absolute atomic E-state index is 9.27. The number of hydrogen-bond donors (Lipinski definition) is 2. The topological polar surface area (TPSA) is 40.5 Å².